The Morgan fingerprint density at radius 2 is 1.05 bits per heavy atom. The number of carboxylic acids is 5. The second kappa shape index (κ2) is 28.7. The van der Waals surface area contributed by atoms with Crippen molar-refractivity contribution in [1.29, 1.82) is 0 Å². The maximum atomic E-state index is 13.6. The molecule has 24 nitrogen and oxygen atoms in total. The molecular formula is C49H55FN8O16. The van der Waals surface area contributed by atoms with Gasteiger partial charge in [0.05, 0.1) is 0 Å². The van der Waals surface area contributed by atoms with Crippen molar-refractivity contribution < 1.29 is 82.7 Å². The molecule has 0 radical (unpaired) electrons. The van der Waals surface area contributed by atoms with Gasteiger partial charge in [-0.1, -0.05) is 54.6 Å². The lowest BCUT2D eigenvalue weighted by Crippen LogP contribution is -2.52. The molecule has 3 aromatic carbocycles. The van der Waals surface area contributed by atoms with Crippen molar-refractivity contribution in [2.24, 2.45) is 0 Å². The Hall–Kier alpha value is -9.03. The van der Waals surface area contributed by atoms with Crippen molar-refractivity contribution in [1.82, 2.24) is 42.2 Å². The van der Waals surface area contributed by atoms with Gasteiger partial charge >= 0.3 is 35.9 Å². The van der Waals surface area contributed by atoms with Crippen LogP contribution in [0.1, 0.15) is 89.6 Å². The Labute approximate surface area is 420 Å². The van der Waals surface area contributed by atoms with Crippen LogP contribution in [0.5, 0.6) is 0 Å². The highest BCUT2D eigenvalue weighted by Crippen LogP contribution is 2.18. The van der Waals surface area contributed by atoms with Gasteiger partial charge in [0, 0.05) is 62.2 Å². The van der Waals surface area contributed by atoms with E-state index in [-0.39, 0.29) is 49.9 Å². The maximum Gasteiger partial charge on any atom is 0.326 e. The van der Waals surface area contributed by atoms with Crippen molar-refractivity contribution in [3.8, 4) is 0 Å². The number of nitrogens with zero attached hydrogens (tertiary/aromatic N) is 1. The zero-order valence-corrected chi connectivity index (χ0v) is 39.5. The lowest BCUT2D eigenvalue weighted by Gasteiger charge is -2.21. The van der Waals surface area contributed by atoms with Crippen molar-refractivity contribution >= 4 is 76.2 Å². The second-order valence-corrected chi connectivity index (χ2v) is 16.8. The summed E-state index contributed by atoms with van der Waals surface area (Å²) in [5.74, 6) is -11.8. The minimum atomic E-state index is -1.63. The zero-order chi connectivity index (χ0) is 54.3. The lowest BCUT2D eigenvalue weighted by atomic mass is 10.0. The second-order valence-electron chi connectivity index (χ2n) is 16.8. The summed E-state index contributed by atoms with van der Waals surface area (Å²) >= 11 is 0. The van der Waals surface area contributed by atoms with E-state index in [1.165, 1.54) is 24.3 Å². The molecule has 0 saturated heterocycles. The van der Waals surface area contributed by atoms with E-state index < -0.39 is 140 Å². The van der Waals surface area contributed by atoms with Gasteiger partial charge in [-0.2, -0.15) is 4.39 Å². The highest BCUT2D eigenvalue weighted by Gasteiger charge is 2.29. The predicted molar refractivity (Wildman–Crippen MR) is 257 cm³/mol. The Kier molecular flexibility index (Phi) is 22.3. The van der Waals surface area contributed by atoms with Crippen LogP contribution >= 0.6 is 0 Å². The number of urea groups is 1. The lowest BCUT2D eigenvalue weighted by molar-refractivity contribution is -0.143. The molecule has 0 aliphatic carbocycles. The molecule has 1 heterocycles. The van der Waals surface area contributed by atoms with Crippen molar-refractivity contribution in [2.75, 3.05) is 6.54 Å². The van der Waals surface area contributed by atoms with Gasteiger partial charge in [0.1, 0.15) is 30.2 Å². The fraction of sp³-hybridized carbons (Fsp3) is 0.347. The number of aromatic nitrogens is 1. The monoisotopic (exact) mass is 1030 g/mol. The number of nitrogens with one attached hydrogen (secondary N) is 7. The summed E-state index contributed by atoms with van der Waals surface area (Å²) in [6, 6.07) is 12.6. The minimum Gasteiger partial charge on any atom is -0.481 e. The van der Waals surface area contributed by atoms with E-state index in [2.05, 4.69) is 42.2 Å². The summed E-state index contributed by atoms with van der Waals surface area (Å²) in [4.78, 5) is 139. The summed E-state index contributed by atoms with van der Waals surface area (Å²) in [5, 5.41) is 65.3. The van der Waals surface area contributed by atoms with Gasteiger partial charge in [0.2, 0.25) is 23.7 Å². The fourth-order valence-electron chi connectivity index (χ4n) is 7.19. The first-order chi connectivity index (χ1) is 35.2. The molecule has 394 valence electrons. The zero-order valence-electron chi connectivity index (χ0n) is 39.5. The number of carbonyl (C=O) groups excluding carboxylic acids is 6. The fourth-order valence-corrected chi connectivity index (χ4v) is 7.19. The van der Waals surface area contributed by atoms with E-state index in [0.29, 0.717) is 5.56 Å². The van der Waals surface area contributed by atoms with Crippen molar-refractivity contribution in [2.45, 2.75) is 101 Å². The summed E-state index contributed by atoms with van der Waals surface area (Å²) in [6.07, 6.45) is -1.45. The third kappa shape index (κ3) is 19.6. The van der Waals surface area contributed by atoms with E-state index >= 15 is 0 Å². The number of rotatable bonds is 30. The standard InChI is InChI=1S/C49H55FN8O16/c50-38-25-32(20-22-51-38)43(65)54-33(15-18-40(60)61)45(67)55-35(47(70)71)14-17-39(59)53-26-27-8-12-30(13-9-27)42(64)56-37(24-28-10-11-29-5-1-2-6-31(29)23-28)44(66)52-21-4-3-7-34(46(68)69)57-49(74)58-36(48(72)73)16-19-41(62)63/h1-2,5-6,8-13,20,22-23,25,33-37H,3-4,7,14-19,21,24,26H2,(H,52,66)(H,53,59)(H,54,65)(H,55,67)(H,56,64)(H,60,61)(H,62,63)(H,68,69)(H,70,71)(H,72,73)(H2,57,58,74)/i50-1. The molecule has 0 aliphatic heterocycles. The first-order valence-electron chi connectivity index (χ1n) is 23.0. The van der Waals surface area contributed by atoms with Crippen LogP contribution in [-0.2, 0) is 51.3 Å². The average molecular weight is 1030 g/mol. The molecule has 0 aliphatic rings. The number of hydrogen-bond acceptors (Lipinski definition) is 12. The molecule has 0 fully saturated rings. The Balaban J connectivity index is 1.31. The van der Waals surface area contributed by atoms with Gasteiger partial charge in [-0.15, -0.1) is 0 Å². The number of benzene rings is 3. The number of unbranched alkanes of at least 4 members (excludes halogenated alkanes) is 1. The van der Waals surface area contributed by atoms with Crippen LogP contribution in [0.3, 0.4) is 0 Å². The number of halogens is 1. The molecule has 0 saturated carbocycles. The number of aliphatic carboxylic acids is 5. The predicted octanol–water partition coefficient (Wildman–Crippen LogP) is 1.70. The largest absolute Gasteiger partial charge is 0.481 e. The van der Waals surface area contributed by atoms with Crippen molar-refractivity contribution in [3.05, 3.63) is 113 Å². The summed E-state index contributed by atoms with van der Waals surface area (Å²) in [6.45, 7) is -0.0247. The Morgan fingerprint density at radius 1 is 0.500 bits per heavy atom. The normalized spacial score (nSPS) is 12.8. The Bertz CT molecular complexity index is 2710. The van der Waals surface area contributed by atoms with Gasteiger partial charge in [-0.25, -0.2) is 24.2 Å². The molecule has 25 heteroatoms. The average Bonchev–Trinajstić information content (AvgIpc) is 3.35. The third-order valence-corrected chi connectivity index (χ3v) is 11.2. The van der Waals surface area contributed by atoms with Crippen LogP contribution in [0.25, 0.3) is 10.8 Å². The molecule has 12 N–H and O–H groups in total. The molecule has 4 aromatic rings. The van der Waals surface area contributed by atoms with Crippen LogP contribution < -0.4 is 37.2 Å². The number of pyridine rings is 1. The number of carboxylic acid groups (broad SMARTS) is 5. The first kappa shape index (κ1) is 57.5. The molecule has 0 spiro atoms. The molecule has 4 rings (SSSR count). The smallest absolute Gasteiger partial charge is 0.326 e. The quantitative estimate of drug-likeness (QED) is 0.0261. The van der Waals surface area contributed by atoms with Crippen LogP contribution in [0, 0.1) is 5.95 Å². The van der Waals surface area contributed by atoms with Gasteiger partial charge < -0.3 is 62.8 Å². The summed E-state index contributed by atoms with van der Waals surface area (Å²) < 4.78 is 13.6. The van der Waals surface area contributed by atoms with Crippen LogP contribution in [0.15, 0.2) is 85.1 Å². The van der Waals surface area contributed by atoms with E-state index in [4.69, 9.17) is 10.2 Å². The molecule has 74 heavy (non-hydrogen) atoms. The Morgan fingerprint density at radius 3 is 1.68 bits per heavy atom. The SMILES string of the molecule is O=C(O)CCC(NC(=O)NC(CCCCNC(=O)C(Cc1ccc2ccccc2c1)NC(=O)c1ccc(CNC(=O)CCC(NC(=O)C(CCC(=O)O)NC(=O)c2ccnc([18F])c2)C(=O)O)cc1)C(=O)O)C(=O)O. The van der Waals surface area contributed by atoms with Crippen LogP contribution in [-0.4, -0.2) is 133 Å². The molecule has 1 aromatic heterocycles. The van der Waals surface area contributed by atoms with E-state index in [0.717, 1.165) is 34.7 Å². The highest BCUT2D eigenvalue weighted by atomic mass is 18.2. The maximum absolute atomic E-state index is 13.6. The number of amides is 7. The van der Waals surface area contributed by atoms with Crippen LogP contribution in [0.2, 0.25) is 0 Å². The van der Waals surface area contributed by atoms with E-state index in [1.807, 2.05) is 42.5 Å². The van der Waals surface area contributed by atoms with Gasteiger partial charge in [0.15, 0.2) is 0 Å². The molecule has 5 unspecified atom stereocenters. The molecule has 7 amide bonds. The molecule has 5 atom stereocenters. The van der Waals surface area contributed by atoms with Crippen molar-refractivity contribution in [3.63, 3.8) is 0 Å². The van der Waals surface area contributed by atoms with E-state index in [9.17, 15) is 72.4 Å². The summed E-state index contributed by atoms with van der Waals surface area (Å²) in [7, 11) is 0. The third-order valence-electron chi connectivity index (χ3n) is 11.2. The highest BCUT2D eigenvalue weighted by molar-refractivity contribution is 5.99. The first-order valence-corrected chi connectivity index (χ1v) is 23.0. The number of carbonyl (C=O) groups is 11. The molecular weight excluding hydrogens is 975 g/mol. The topological polar surface area (TPSA) is 386 Å². The van der Waals surface area contributed by atoms with Gasteiger partial charge in [0.25, 0.3) is 11.8 Å². The summed E-state index contributed by atoms with van der Waals surface area (Å²) in [5.41, 5.74) is 1.16. The van der Waals surface area contributed by atoms with Crippen LogP contribution in [0.4, 0.5) is 9.18 Å². The van der Waals surface area contributed by atoms with E-state index in [1.54, 1.807) is 0 Å². The van der Waals surface area contributed by atoms with Gasteiger partial charge in [-0.05, 0) is 78.6 Å². The van der Waals surface area contributed by atoms with Gasteiger partial charge in [-0.3, -0.25) is 33.6 Å². The molecule has 0 bridgehead atoms. The minimum absolute atomic E-state index is 0.0378. The number of fused-ring (bicyclic) bond motifs is 1. The number of hydrogen-bond donors (Lipinski definition) is 12.